The number of hydrogen-bond acceptors (Lipinski definition) is 3. The molecule has 0 saturated heterocycles. The Hall–Kier alpha value is -1.46. The third kappa shape index (κ3) is 1.27. The van der Waals surface area contributed by atoms with Crippen LogP contribution in [0.1, 0.15) is 0 Å². The zero-order valence-corrected chi connectivity index (χ0v) is 7.71. The summed E-state index contributed by atoms with van der Waals surface area (Å²) in [4.78, 5) is 5.06. The van der Waals surface area contributed by atoms with Crippen LogP contribution in [0.25, 0.3) is 10.9 Å². The van der Waals surface area contributed by atoms with Crippen LogP contribution in [0.4, 0.5) is 0 Å². The average Bonchev–Trinajstić information content (AvgIpc) is 2.56. The first-order valence-corrected chi connectivity index (χ1v) is 4.25. The zero-order valence-electron chi connectivity index (χ0n) is 7.71. The molecular weight excluding hydrogens is 181 g/mol. The van der Waals surface area contributed by atoms with Gasteiger partial charge < -0.3 is 14.9 Å². The van der Waals surface area contributed by atoms with E-state index in [2.05, 4.69) is 0 Å². The smallest absolute Gasteiger partial charge is 0.422 e. The van der Waals surface area contributed by atoms with Gasteiger partial charge in [-0.15, -0.1) is 0 Å². The van der Waals surface area contributed by atoms with Crippen molar-refractivity contribution in [2.24, 2.45) is 0 Å². The van der Waals surface area contributed by atoms with Gasteiger partial charge in [-0.2, -0.15) is 4.73 Å². The lowest BCUT2D eigenvalue weighted by Gasteiger charge is -2.06. The van der Waals surface area contributed by atoms with Crippen molar-refractivity contribution in [3.8, 4) is 0 Å². The first kappa shape index (κ1) is 9.11. The normalized spacial score (nSPS) is 10.5. The lowest BCUT2D eigenvalue weighted by atomic mass is 9.86. The first-order valence-electron chi connectivity index (χ1n) is 4.25. The Morgan fingerprint density at radius 1 is 1.29 bits per heavy atom. The molecule has 14 heavy (non-hydrogen) atoms. The van der Waals surface area contributed by atoms with E-state index in [1.165, 1.54) is 11.8 Å². The Labute approximate surface area is 81.4 Å². The summed E-state index contributed by atoms with van der Waals surface area (Å²) < 4.78 is 1.40. The molecule has 0 amide bonds. The van der Waals surface area contributed by atoms with E-state index in [-0.39, 0.29) is 0 Å². The van der Waals surface area contributed by atoms with Crippen molar-refractivity contribution >= 4 is 23.6 Å². The van der Waals surface area contributed by atoms with Gasteiger partial charge in [0.25, 0.3) is 0 Å². The summed E-state index contributed by atoms with van der Waals surface area (Å²) in [5.41, 5.74) is 1.15. The van der Waals surface area contributed by atoms with Crippen LogP contribution >= 0.6 is 0 Å². The fourth-order valence-electron chi connectivity index (χ4n) is 1.53. The van der Waals surface area contributed by atoms with E-state index in [4.69, 9.17) is 14.9 Å². The minimum Gasteiger partial charge on any atom is -0.422 e. The van der Waals surface area contributed by atoms with Crippen LogP contribution in [0, 0.1) is 0 Å². The van der Waals surface area contributed by atoms with Gasteiger partial charge in [0, 0.05) is 5.39 Å². The molecule has 4 nitrogen and oxygen atoms in total. The Balaban J connectivity index is 2.72. The molecule has 0 radical (unpaired) electrons. The van der Waals surface area contributed by atoms with Crippen LogP contribution in [-0.2, 0) is 0 Å². The van der Waals surface area contributed by atoms with Crippen molar-refractivity contribution in [3.63, 3.8) is 0 Å². The van der Waals surface area contributed by atoms with Crippen molar-refractivity contribution < 1.29 is 14.9 Å². The van der Waals surface area contributed by atoms with Gasteiger partial charge in [0.05, 0.1) is 11.1 Å². The summed E-state index contributed by atoms with van der Waals surface area (Å²) in [7, 11) is -0.0412. The number of aromatic nitrogens is 1. The molecule has 72 valence electrons. The van der Waals surface area contributed by atoms with Crippen LogP contribution in [0.15, 0.2) is 30.3 Å². The maximum absolute atomic E-state index is 9.09. The van der Waals surface area contributed by atoms with Crippen LogP contribution < -0.4 is 10.4 Å². The molecule has 0 aliphatic heterocycles. The number of hydrogen-bond donors (Lipinski definition) is 2. The number of benzene rings is 1. The monoisotopic (exact) mass is 191 g/mol. The van der Waals surface area contributed by atoms with Gasteiger partial charge in [0.15, 0.2) is 0 Å². The average molecular weight is 191 g/mol. The van der Waals surface area contributed by atoms with Gasteiger partial charge in [-0.3, -0.25) is 0 Å². The second-order valence-corrected chi connectivity index (χ2v) is 2.98. The number of para-hydroxylation sites is 1. The van der Waals surface area contributed by atoms with Crippen LogP contribution in [-0.4, -0.2) is 29.0 Å². The van der Waals surface area contributed by atoms with Crippen LogP contribution in [0.5, 0.6) is 0 Å². The van der Waals surface area contributed by atoms with E-state index in [1.807, 2.05) is 24.3 Å². The summed E-state index contributed by atoms with van der Waals surface area (Å²) in [6, 6.07) is 9.17. The van der Waals surface area contributed by atoms with Gasteiger partial charge in [-0.1, -0.05) is 18.2 Å². The minimum absolute atomic E-state index is 0.328. The maximum atomic E-state index is 9.09. The highest BCUT2D eigenvalue weighted by Gasteiger charge is 2.19. The number of nitrogens with zero attached hydrogens (tertiary/aromatic N) is 1. The molecule has 2 N–H and O–H groups in total. The highest BCUT2D eigenvalue weighted by Crippen LogP contribution is 2.12. The van der Waals surface area contributed by atoms with E-state index in [9.17, 15) is 0 Å². The highest BCUT2D eigenvalue weighted by atomic mass is 16.6. The van der Waals surface area contributed by atoms with Crippen LogP contribution in [0.3, 0.4) is 0 Å². The van der Waals surface area contributed by atoms with E-state index in [0.717, 1.165) is 10.9 Å². The molecule has 2 aromatic rings. The van der Waals surface area contributed by atoms with Crippen molar-refractivity contribution in [2.75, 3.05) is 7.11 Å². The van der Waals surface area contributed by atoms with Crippen LogP contribution in [0.2, 0.25) is 0 Å². The second kappa shape index (κ2) is 3.36. The maximum Gasteiger partial charge on any atom is 0.509 e. The SMILES string of the molecule is COn1c(B(O)O)cc2ccccc21. The molecule has 0 saturated carbocycles. The molecule has 0 aliphatic rings. The first-order chi connectivity index (χ1) is 6.74. The topological polar surface area (TPSA) is 54.6 Å². The van der Waals surface area contributed by atoms with Crippen molar-refractivity contribution in [3.05, 3.63) is 30.3 Å². The van der Waals surface area contributed by atoms with E-state index in [0.29, 0.717) is 5.59 Å². The lowest BCUT2D eigenvalue weighted by Crippen LogP contribution is -2.38. The largest absolute Gasteiger partial charge is 0.509 e. The molecular formula is C9H10BNO3. The summed E-state index contributed by atoms with van der Waals surface area (Å²) in [6.45, 7) is 0. The summed E-state index contributed by atoms with van der Waals surface area (Å²) in [5, 5.41) is 19.1. The summed E-state index contributed by atoms with van der Waals surface area (Å²) in [6.07, 6.45) is 0. The standard InChI is InChI=1S/C9H10BNO3/c1-14-11-8-5-3-2-4-7(8)6-9(11)10(12)13/h2-6,12-13H,1H3. The predicted octanol–water partition coefficient (Wildman–Crippen LogP) is -0.621. The van der Waals surface area contributed by atoms with Crippen molar-refractivity contribution in [1.29, 1.82) is 0 Å². The van der Waals surface area contributed by atoms with Gasteiger partial charge in [0.2, 0.25) is 0 Å². The Morgan fingerprint density at radius 2 is 2.00 bits per heavy atom. The molecule has 0 bridgehead atoms. The number of rotatable bonds is 2. The molecule has 0 atom stereocenters. The molecule has 1 aromatic carbocycles. The van der Waals surface area contributed by atoms with E-state index < -0.39 is 7.12 Å². The molecule has 0 aliphatic carbocycles. The molecule has 0 fully saturated rings. The Bertz CT molecular complexity index is 452. The Morgan fingerprint density at radius 3 is 2.64 bits per heavy atom. The third-order valence-corrected chi connectivity index (χ3v) is 2.14. The summed E-state index contributed by atoms with van der Waals surface area (Å²) >= 11 is 0. The van der Waals surface area contributed by atoms with Crippen molar-refractivity contribution in [1.82, 2.24) is 4.73 Å². The molecule has 2 rings (SSSR count). The highest BCUT2D eigenvalue weighted by molar-refractivity contribution is 6.58. The third-order valence-electron chi connectivity index (χ3n) is 2.14. The minimum atomic E-state index is -1.53. The van der Waals surface area contributed by atoms with Gasteiger partial charge in [-0.05, 0) is 12.1 Å². The number of fused-ring (bicyclic) bond motifs is 1. The fraction of sp³-hybridized carbons (Fsp3) is 0.111. The molecule has 5 heteroatoms. The predicted molar refractivity (Wildman–Crippen MR) is 54.3 cm³/mol. The summed E-state index contributed by atoms with van der Waals surface area (Å²) in [5.74, 6) is 0. The quantitative estimate of drug-likeness (QED) is 0.622. The molecule has 1 aromatic heterocycles. The van der Waals surface area contributed by atoms with Gasteiger partial charge in [-0.25, -0.2) is 0 Å². The molecule has 0 unspecified atom stereocenters. The zero-order chi connectivity index (χ0) is 10.1. The Kier molecular flexibility index (Phi) is 2.19. The van der Waals surface area contributed by atoms with Gasteiger partial charge in [0.1, 0.15) is 7.11 Å². The van der Waals surface area contributed by atoms with E-state index in [1.54, 1.807) is 6.07 Å². The lowest BCUT2D eigenvalue weighted by molar-refractivity contribution is 0.184. The van der Waals surface area contributed by atoms with Crippen molar-refractivity contribution in [2.45, 2.75) is 0 Å². The van der Waals surface area contributed by atoms with E-state index >= 15 is 0 Å². The molecule has 1 heterocycles. The van der Waals surface area contributed by atoms with Gasteiger partial charge >= 0.3 is 7.12 Å². The molecule has 0 spiro atoms. The fourth-order valence-corrected chi connectivity index (χ4v) is 1.53. The second-order valence-electron chi connectivity index (χ2n) is 2.98.